The van der Waals surface area contributed by atoms with E-state index in [-0.39, 0.29) is 0 Å². The van der Waals surface area contributed by atoms with E-state index in [9.17, 15) is 4.79 Å². The average molecular weight is 236 g/mol. The van der Waals surface area contributed by atoms with Crippen LogP contribution in [0.3, 0.4) is 0 Å². The molecule has 0 aromatic carbocycles. The molecule has 1 rings (SSSR count). The van der Waals surface area contributed by atoms with E-state index in [1.54, 1.807) is 0 Å². The Morgan fingerprint density at radius 2 is 1.82 bits per heavy atom. The van der Waals surface area contributed by atoms with Gasteiger partial charge in [-0.3, -0.25) is 4.79 Å². The molecule has 0 aliphatic heterocycles. The SMILES string of the molecule is CC(CCC(C)C(C)C)CC1=CC(=O)CCC1. The Morgan fingerprint density at radius 3 is 2.41 bits per heavy atom. The summed E-state index contributed by atoms with van der Waals surface area (Å²) >= 11 is 0. The van der Waals surface area contributed by atoms with Crippen molar-refractivity contribution in [3.63, 3.8) is 0 Å². The summed E-state index contributed by atoms with van der Waals surface area (Å²) in [7, 11) is 0. The van der Waals surface area contributed by atoms with Gasteiger partial charge in [-0.15, -0.1) is 0 Å². The minimum Gasteiger partial charge on any atom is -0.295 e. The van der Waals surface area contributed by atoms with Gasteiger partial charge in [0.2, 0.25) is 0 Å². The van der Waals surface area contributed by atoms with Gasteiger partial charge in [-0.05, 0) is 43.1 Å². The first kappa shape index (κ1) is 14.5. The summed E-state index contributed by atoms with van der Waals surface area (Å²) in [5, 5.41) is 0. The number of hydrogen-bond acceptors (Lipinski definition) is 1. The fourth-order valence-corrected chi connectivity index (χ4v) is 2.45. The number of carbonyl (C=O) groups is 1. The van der Waals surface area contributed by atoms with Crippen LogP contribution in [0.25, 0.3) is 0 Å². The van der Waals surface area contributed by atoms with Crippen molar-refractivity contribution in [1.82, 2.24) is 0 Å². The monoisotopic (exact) mass is 236 g/mol. The second-order valence-corrected chi connectivity index (χ2v) is 6.23. The van der Waals surface area contributed by atoms with E-state index >= 15 is 0 Å². The Labute approximate surface area is 107 Å². The second-order valence-electron chi connectivity index (χ2n) is 6.23. The van der Waals surface area contributed by atoms with Gasteiger partial charge < -0.3 is 0 Å². The summed E-state index contributed by atoms with van der Waals surface area (Å²) in [5.41, 5.74) is 1.39. The van der Waals surface area contributed by atoms with Crippen LogP contribution in [0.15, 0.2) is 11.6 Å². The van der Waals surface area contributed by atoms with Crippen LogP contribution in [0.5, 0.6) is 0 Å². The Morgan fingerprint density at radius 1 is 1.12 bits per heavy atom. The highest BCUT2D eigenvalue weighted by Gasteiger charge is 2.14. The van der Waals surface area contributed by atoms with Gasteiger partial charge in [0.25, 0.3) is 0 Å². The summed E-state index contributed by atoms with van der Waals surface area (Å²) in [6.45, 7) is 9.28. The topological polar surface area (TPSA) is 17.1 Å². The van der Waals surface area contributed by atoms with Gasteiger partial charge in [0.05, 0.1) is 0 Å². The van der Waals surface area contributed by atoms with Gasteiger partial charge in [0.1, 0.15) is 0 Å². The quantitative estimate of drug-likeness (QED) is 0.649. The molecule has 0 amide bonds. The molecule has 1 heteroatoms. The molecule has 0 spiro atoms. The van der Waals surface area contributed by atoms with Crippen LogP contribution in [0.4, 0.5) is 0 Å². The molecule has 0 fully saturated rings. The van der Waals surface area contributed by atoms with E-state index in [0.29, 0.717) is 5.78 Å². The first-order valence-electron chi connectivity index (χ1n) is 7.21. The van der Waals surface area contributed by atoms with Crippen molar-refractivity contribution in [2.45, 2.75) is 66.2 Å². The summed E-state index contributed by atoms with van der Waals surface area (Å²) < 4.78 is 0. The predicted molar refractivity (Wildman–Crippen MR) is 74.0 cm³/mol. The molecule has 98 valence electrons. The molecule has 0 radical (unpaired) electrons. The first-order chi connectivity index (χ1) is 7.99. The van der Waals surface area contributed by atoms with E-state index in [4.69, 9.17) is 0 Å². The Hall–Kier alpha value is -0.590. The first-order valence-corrected chi connectivity index (χ1v) is 7.21. The molecule has 1 aliphatic rings. The summed E-state index contributed by atoms with van der Waals surface area (Å²) in [6, 6.07) is 0. The van der Waals surface area contributed by atoms with Crippen LogP contribution in [0, 0.1) is 17.8 Å². The lowest BCUT2D eigenvalue weighted by Gasteiger charge is -2.20. The third-order valence-electron chi connectivity index (χ3n) is 4.15. The normalized spacial score (nSPS) is 20.3. The standard InChI is InChI=1S/C16H28O/c1-12(2)14(4)9-8-13(3)10-15-6-5-7-16(17)11-15/h11-14H,5-10H2,1-4H3. The number of hydrogen-bond donors (Lipinski definition) is 0. The van der Waals surface area contributed by atoms with E-state index in [0.717, 1.165) is 43.4 Å². The van der Waals surface area contributed by atoms with Crippen molar-refractivity contribution in [3.8, 4) is 0 Å². The maximum atomic E-state index is 11.3. The van der Waals surface area contributed by atoms with E-state index < -0.39 is 0 Å². The lowest BCUT2D eigenvalue weighted by atomic mass is 9.86. The van der Waals surface area contributed by atoms with Crippen LogP contribution in [0.1, 0.15) is 66.2 Å². The van der Waals surface area contributed by atoms with Crippen molar-refractivity contribution < 1.29 is 4.79 Å². The van der Waals surface area contributed by atoms with Crippen LogP contribution >= 0.6 is 0 Å². The van der Waals surface area contributed by atoms with Gasteiger partial charge in [-0.2, -0.15) is 0 Å². The average Bonchev–Trinajstić information content (AvgIpc) is 2.25. The highest BCUT2D eigenvalue weighted by atomic mass is 16.1. The van der Waals surface area contributed by atoms with Crippen molar-refractivity contribution in [2.24, 2.45) is 17.8 Å². The lowest BCUT2D eigenvalue weighted by Crippen LogP contribution is -2.09. The summed E-state index contributed by atoms with van der Waals surface area (Å²) in [5.74, 6) is 2.68. The van der Waals surface area contributed by atoms with Crippen LogP contribution in [-0.4, -0.2) is 5.78 Å². The largest absolute Gasteiger partial charge is 0.295 e. The minimum absolute atomic E-state index is 0.342. The highest BCUT2D eigenvalue weighted by molar-refractivity contribution is 5.91. The molecular weight excluding hydrogens is 208 g/mol. The number of carbonyl (C=O) groups excluding carboxylic acids is 1. The minimum atomic E-state index is 0.342. The van der Waals surface area contributed by atoms with E-state index in [2.05, 4.69) is 27.7 Å². The zero-order chi connectivity index (χ0) is 12.8. The van der Waals surface area contributed by atoms with Crippen molar-refractivity contribution >= 4 is 5.78 Å². The molecule has 0 heterocycles. The highest BCUT2D eigenvalue weighted by Crippen LogP contribution is 2.26. The predicted octanol–water partition coefficient (Wildman–Crippen LogP) is 4.76. The molecule has 0 N–H and O–H groups in total. The molecule has 1 aliphatic carbocycles. The Balaban J connectivity index is 2.29. The van der Waals surface area contributed by atoms with Gasteiger partial charge in [-0.25, -0.2) is 0 Å². The lowest BCUT2D eigenvalue weighted by molar-refractivity contribution is -0.115. The molecule has 0 saturated carbocycles. The smallest absolute Gasteiger partial charge is 0.155 e. The summed E-state index contributed by atoms with van der Waals surface area (Å²) in [4.78, 5) is 11.3. The van der Waals surface area contributed by atoms with E-state index in [1.165, 1.54) is 18.4 Å². The molecule has 0 aromatic heterocycles. The maximum absolute atomic E-state index is 11.3. The van der Waals surface area contributed by atoms with Gasteiger partial charge >= 0.3 is 0 Å². The second kappa shape index (κ2) is 6.98. The van der Waals surface area contributed by atoms with E-state index in [1.807, 2.05) is 6.08 Å². The van der Waals surface area contributed by atoms with Crippen molar-refractivity contribution in [2.75, 3.05) is 0 Å². The molecule has 2 atom stereocenters. The molecular formula is C16H28O. The molecule has 0 bridgehead atoms. The molecule has 2 unspecified atom stereocenters. The maximum Gasteiger partial charge on any atom is 0.155 e. The molecule has 1 nitrogen and oxygen atoms in total. The third-order valence-corrected chi connectivity index (χ3v) is 4.15. The molecule has 0 aromatic rings. The summed E-state index contributed by atoms with van der Waals surface area (Å²) in [6.07, 6.45) is 8.64. The number of rotatable bonds is 6. The van der Waals surface area contributed by atoms with Gasteiger partial charge in [0.15, 0.2) is 5.78 Å². The fraction of sp³-hybridized carbons (Fsp3) is 0.812. The van der Waals surface area contributed by atoms with Gasteiger partial charge in [-0.1, -0.05) is 46.1 Å². The van der Waals surface area contributed by atoms with Crippen molar-refractivity contribution in [1.29, 1.82) is 0 Å². The number of ketones is 1. The van der Waals surface area contributed by atoms with Crippen molar-refractivity contribution in [3.05, 3.63) is 11.6 Å². The van der Waals surface area contributed by atoms with Crippen LogP contribution in [0.2, 0.25) is 0 Å². The van der Waals surface area contributed by atoms with Crippen LogP contribution in [-0.2, 0) is 4.79 Å². The zero-order valence-electron chi connectivity index (χ0n) is 12.0. The van der Waals surface area contributed by atoms with Crippen LogP contribution < -0.4 is 0 Å². The number of allylic oxidation sites excluding steroid dienone is 2. The zero-order valence-corrected chi connectivity index (χ0v) is 12.0. The Kier molecular flexibility index (Phi) is 5.94. The Bertz CT molecular complexity index is 275. The molecule has 0 saturated heterocycles. The fourth-order valence-electron chi connectivity index (χ4n) is 2.45. The molecule has 17 heavy (non-hydrogen) atoms. The van der Waals surface area contributed by atoms with Gasteiger partial charge in [0, 0.05) is 6.42 Å². The third kappa shape index (κ3) is 5.52.